The van der Waals surface area contributed by atoms with Gasteiger partial charge in [0.15, 0.2) is 5.69 Å². The molecular formula is C24H32ClN5O3. The van der Waals surface area contributed by atoms with E-state index in [9.17, 15) is 9.59 Å². The van der Waals surface area contributed by atoms with E-state index in [1.165, 1.54) is 35.9 Å². The van der Waals surface area contributed by atoms with Crippen molar-refractivity contribution in [3.05, 3.63) is 46.2 Å². The van der Waals surface area contributed by atoms with Crippen LogP contribution in [-0.4, -0.2) is 75.5 Å². The lowest BCUT2D eigenvalue weighted by Gasteiger charge is -2.45. The molecule has 0 spiro atoms. The van der Waals surface area contributed by atoms with Crippen LogP contribution in [0.15, 0.2) is 24.4 Å². The predicted molar refractivity (Wildman–Crippen MR) is 128 cm³/mol. The second-order valence-corrected chi connectivity index (χ2v) is 9.93. The molecule has 33 heavy (non-hydrogen) atoms. The Labute approximate surface area is 199 Å². The summed E-state index contributed by atoms with van der Waals surface area (Å²) in [5.41, 5.74) is 3.62. The highest BCUT2D eigenvalue weighted by molar-refractivity contribution is 6.33. The van der Waals surface area contributed by atoms with E-state index in [1.807, 2.05) is 0 Å². The number of amides is 1. The Morgan fingerprint density at radius 1 is 1.18 bits per heavy atom. The normalized spacial score (nSPS) is 18.2. The average molecular weight is 474 g/mol. The van der Waals surface area contributed by atoms with Crippen LogP contribution in [0.5, 0.6) is 0 Å². The fourth-order valence-electron chi connectivity index (χ4n) is 4.81. The van der Waals surface area contributed by atoms with Crippen molar-refractivity contribution < 1.29 is 14.7 Å². The molecule has 1 aromatic carbocycles. The molecule has 2 aliphatic rings. The smallest absolute Gasteiger partial charge is 0.357 e. The monoisotopic (exact) mass is 473 g/mol. The zero-order valence-electron chi connectivity index (χ0n) is 19.6. The van der Waals surface area contributed by atoms with Crippen molar-refractivity contribution in [3.63, 3.8) is 0 Å². The maximum atomic E-state index is 12.8. The molecule has 0 unspecified atom stereocenters. The van der Waals surface area contributed by atoms with Crippen LogP contribution < -0.4 is 4.90 Å². The topological polar surface area (TPSA) is 81.9 Å². The summed E-state index contributed by atoms with van der Waals surface area (Å²) in [6.45, 7) is 8.65. The van der Waals surface area contributed by atoms with Crippen LogP contribution in [0.1, 0.15) is 54.2 Å². The van der Waals surface area contributed by atoms with Crippen LogP contribution in [0.3, 0.4) is 0 Å². The minimum absolute atomic E-state index is 0.0377. The lowest BCUT2D eigenvalue weighted by Crippen LogP contribution is -2.53. The van der Waals surface area contributed by atoms with E-state index in [2.05, 4.69) is 54.0 Å². The number of carbonyl (C=O) groups is 2. The van der Waals surface area contributed by atoms with E-state index >= 15 is 0 Å². The standard InChI is InChI=1S/C24H32ClN5O3/c1-17-6-7-18(20(14-17)28-10-4-5-11-28)15-27(3)24(2)8-12-29(13-9-24)23(33)30-16-19(25)21(26-30)22(31)32/h6-7,14,16H,4-5,8-13,15H2,1-3H3,(H,31,32). The van der Waals surface area contributed by atoms with Crippen LogP contribution in [-0.2, 0) is 6.54 Å². The van der Waals surface area contributed by atoms with Crippen LogP contribution in [0, 0.1) is 6.92 Å². The van der Waals surface area contributed by atoms with Gasteiger partial charge in [0.2, 0.25) is 0 Å². The molecule has 3 heterocycles. The fourth-order valence-corrected chi connectivity index (χ4v) is 5.02. The first kappa shape index (κ1) is 23.6. The Bertz CT molecular complexity index is 1040. The molecule has 1 amide bonds. The van der Waals surface area contributed by atoms with Crippen LogP contribution in [0.2, 0.25) is 5.02 Å². The summed E-state index contributed by atoms with van der Waals surface area (Å²) in [5, 5.41) is 12.9. The number of carbonyl (C=O) groups excluding carboxylic acids is 1. The van der Waals surface area contributed by atoms with Gasteiger partial charge in [-0.1, -0.05) is 23.7 Å². The fraction of sp³-hybridized carbons (Fsp3) is 0.542. The van der Waals surface area contributed by atoms with Gasteiger partial charge >= 0.3 is 12.0 Å². The zero-order valence-corrected chi connectivity index (χ0v) is 20.3. The third-order valence-electron chi connectivity index (χ3n) is 7.20. The average Bonchev–Trinajstić information content (AvgIpc) is 3.45. The molecule has 1 aromatic heterocycles. The number of nitrogens with zero attached hydrogens (tertiary/aromatic N) is 5. The first-order chi connectivity index (χ1) is 15.7. The summed E-state index contributed by atoms with van der Waals surface area (Å²) in [6, 6.07) is 6.40. The maximum absolute atomic E-state index is 12.8. The van der Waals surface area contributed by atoms with Crippen LogP contribution in [0.4, 0.5) is 10.5 Å². The number of aryl methyl sites for hydroxylation is 1. The minimum atomic E-state index is -1.25. The predicted octanol–water partition coefficient (Wildman–Crippen LogP) is 4.10. The third kappa shape index (κ3) is 4.87. The van der Waals surface area contributed by atoms with Gasteiger partial charge in [-0.05, 0) is 63.8 Å². The highest BCUT2D eigenvalue weighted by atomic mass is 35.5. The number of anilines is 1. The van der Waals surface area contributed by atoms with Gasteiger partial charge in [0, 0.05) is 44.0 Å². The second kappa shape index (κ2) is 9.35. The number of aromatic carboxylic acids is 1. The third-order valence-corrected chi connectivity index (χ3v) is 7.47. The van der Waals surface area contributed by atoms with E-state index in [4.69, 9.17) is 16.7 Å². The first-order valence-corrected chi connectivity index (χ1v) is 11.9. The molecule has 4 rings (SSSR count). The van der Waals surface area contributed by atoms with Crippen LogP contribution >= 0.6 is 11.6 Å². The summed E-state index contributed by atoms with van der Waals surface area (Å²) in [7, 11) is 2.16. The molecule has 178 valence electrons. The molecule has 0 saturated carbocycles. The van der Waals surface area contributed by atoms with Crippen molar-refractivity contribution in [2.75, 3.05) is 38.1 Å². The number of aromatic nitrogens is 2. The minimum Gasteiger partial charge on any atom is -0.476 e. The second-order valence-electron chi connectivity index (χ2n) is 9.52. The number of likely N-dealkylation sites (tertiary alicyclic amines) is 1. The van der Waals surface area contributed by atoms with Gasteiger partial charge in [-0.25, -0.2) is 9.59 Å². The van der Waals surface area contributed by atoms with Crippen molar-refractivity contribution in [2.24, 2.45) is 0 Å². The Kier molecular flexibility index (Phi) is 6.68. The number of piperidine rings is 1. The molecule has 8 nitrogen and oxygen atoms in total. The van der Waals surface area contributed by atoms with Gasteiger partial charge < -0.3 is 14.9 Å². The summed E-state index contributed by atoms with van der Waals surface area (Å²) < 4.78 is 1.03. The molecule has 2 saturated heterocycles. The molecular weight excluding hydrogens is 442 g/mol. The molecule has 0 bridgehead atoms. The number of carboxylic acids is 1. The lowest BCUT2D eigenvalue weighted by molar-refractivity contribution is 0.0585. The van der Waals surface area contributed by atoms with Gasteiger partial charge in [0.1, 0.15) is 0 Å². The summed E-state index contributed by atoms with van der Waals surface area (Å²) >= 11 is 5.91. The Balaban J connectivity index is 1.42. The zero-order chi connectivity index (χ0) is 23.8. The number of carboxylic acid groups (broad SMARTS) is 1. The Hall–Kier alpha value is -2.58. The Morgan fingerprint density at radius 2 is 1.85 bits per heavy atom. The lowest BCUT2D eigenvalue weighted by atomic mass is 9.87. The first-order valence-electron chi connectivity index (χ1n) is 11.5. The molecule has 0 atom stereocenters. The quantitative estimate of drug-likeness (QED) is 0.704. The number of rotatable bonds is 5. The van der Waals surface area contributed by atoms with Crippen molar-refractivity contribution in [1.29, 1.82) is 0 Å². The van der Waals surface area contributed by atoms with E-state index in [1.54, 1.807) is 4.90 Å². The highest BCUT2D eigenvalue weighted by Gasteiger charge is 2.36. The largest absolute Gasteiger partial charge is 0.476 e. The van der Waals surface area contributed by atoms with Crippen molar-refractivity contribution in [1.82, 2.24) is 19.6 Å². The molecule has 0 radical (unpaired) electrons. The number of benzene rings is 1. The number of hydrogen-bond acceptors (Lipinski definition) is 5. The van der Waals surface area contributed by atoms with E-state index < -0.39 is 5.97 Å². The molecule has 2 aromatic rings. The molecule has 2 aliphatic heterocycles. The molecule has 2 fully saturated rings. The molecule has 0 aliphatic carbocycles. The summed E-state index contributed by atoms with van der Waals surface area (Å²) in [6.07, 6.45) is 5.41. The summed E-state index contributed by atoms with van der Waals surface area (Å²) in [4.78, 5) is 30.6. The van der Waals surface area contributed by atoms with Crippen LogP contribution in [0.25, 0.3) is 0 Å². The van der Waals surface area contributed by atoms with Gasteiger partial charge in [-0.2, -0.15) is 9.78 Å². The maximum Gasteiger partial charge on any atom is 0.357 e. The highest BCUT2D eigenvalue weighted by Crippen LogP contribution is 2.32. The van der Waals surface area contributed by atoms with Crippen molar-refractivity contribution in [3.8, 4) is 0 Å². The SMILES string of the molecule is Cc1ccc(CN(C)C2(C)CCN(C(=O)n3cc(Cl)c(C(=O)O)n3)CC2)c(N2CCCC2)c1. The van der Waals surface area contributed by atoms with E-state index in [0.717, 1.165) is 37.2 Å². The van der Waals surface area contributed by atoms with Gasteiger partial charge in [-0.15, -0.1) is 0 Å². The van der Waals surface area contributed by atoms with Gasteiger partial charge in [0.25, 0.3) is 0 Å². The van der Waals surface area contributed by atoms with Gasteiger partial charge in [-0.3, -0.25) is 4.90 Å². The summed E-state index contributed by atoms with van der Waals surface area (Å²) in [5.74, 6) is -1.25. The molecule has 1 N–H and O–H groups in total. The Morgan fingerprint density at radius 3 is 2.45 bits per heavy atom. The van der Waals surface area contributed by atoms with Crippen molar-refractivity contribution >= 4 is 29.3 Å². The van der Waals surface area contributed by atoms with Crippen molar-refractivity contribution in [2.45, 2.75) is 51.6 Å². The van der Waals surface area contributed by atoms with E-state index in [-0.39, 0.29) is 22.3 Å². The molecule has 9 heteroatoms. The number of hydrogen-bond donors (Lipinski definition) is 1. The van der Waals surface area contributed by atoms with Gasteiger partial charge in [0.05, 0.1) is 11.2 Å². The van der Waals surface area contributed by atoms with E-state index in [0.29, 0.717) is 13.1 Å². The number of halogens is 1.